The predicted octanol–water partition coefficient (Wildman–Crippen LogP) is 5.68. The van der Waals surface area contributed by atoms with E-state index < -0.39 is 6.10 Å². The van der Waals surface area contributed by atoms with E-state index >= 15 is 0 Å². The van der Waals surface area contributed by atoms with E-state index in [0.29, 0.717) is 0 Å². The van der Waals surface area contributed by atoms with Crippen molar-refractivity contribution >= 4 is 26.8 Å². The summed E-state index contributed by atoms with van der Waals surface area (Å²) in [7, 11) is 0. The third-order valence-corrected chi connectivity index (χ3v) is 4.80. The van der Waals surface area contributed by atoms with Gasteiger partial charge in [-0.2, -0.15) is 0 Å². The van der Waals surface area contributed by atoms with Crippen LogP contribution >= 0.6 is 15.9 Å². The molecule has 4 aromatic rings. The van der Waals surface area contributed by atoms with Crippen molar-refractivity contribution in [3.8, 4) is 11.1 Å². The van der Waals surface area contributed by atoms with Crippen molar-refractivity contribution in [2.45, 2.75) is 6.10 Å². The van der Waals surface area contributed by atoms with Crippen molar-refractivity contribution < 1.29 is 5.11 Å². The third-order valence-electron chi connectivity index (χ3n) is 4.30. The minimum absolute atomic E-state index is 0.650. The summed E-state index contributed by atoms with van der Waals surface area (Å²) < 4.78 is 1.04. The Bertz CT molecular complexity index is 991. The zero-order valence-corrected chi connectivity index (χ0v) is 14.5. The summed E-state index contributed by atoms with van der Waals surface area (Å²) in [5.41, 5.74) is 5.02. The van der Waals surface area contributed by atoms with E-state index in [2.05, 4.69) is 39.1 Å². The molecular weight excluding hydrogens is 362 g/mol. The highest BCUT2D eigenvalue weighted by Crippen LogP contribution is 2.36. The average Bonchev–Trinajstić information content (AvgIpc) is 3.04. The van der Waals surface area contributed by atoms with Crippen molar-refractivity contribution in [2.75, 3.05) is 0 Å². The minimum atomic E-state index is -0.650. The Morgan fingerprint density at radius 2 is 1.58 bits per heavy atom. The molecule has 1 aromatic heterocycles. The molecule has 3 aromatic carbocycles. The van der Waals surface area contributed by atoms with Crippen LogP contribution in [0.5, 0.6) is 0 Å². The van der Waals surface area contributed by atoms with Gasteiger partial charge in [-0.25, -0.2) is 0 Å². The molecule has 0 aliphatic heterocycles. The lowest BCUT2D eigenvalue weighted by molar-refractivity contribution is 0.221. The molecule has 118 valence electrons. The van der Waals surface area contributed by atoms with Gasteiger partial charge in [-0.15, -0.1) is 0 Å². The van der Waals surface area contributed by atoms with Gasteiger partial charge in [-0.1, -0.05) is 76.6 Å². The summed E-state index contributed by atoms with van der Waals surface area (Å²) in [5.74, 6) is 0. The van der Waals surface area contributed by atoms with Gasteiger partial charge in [0.2, 0.25) is 0 Å². The number of rotatable bonds is 3. The molecule has 0 saturated heterocycles. The molecule has 0 fully saturated rings. The van der Waals surface area contributed by atoms with E-state index in [1.807, 2.05) is 60.8 Å². The number of H-pyrrole nitrogens is 1. The van der Waals surface area contributed by atoms with Gasteiger partial charge >= 0.3 is 0 Å². The normalized spacial score (nSPS) is 12.4. The molecule has 3 heteroatoms. The largest absolute Gasteiger partial charge is 0.384 e. The molecule has 0 amide bonds. The molecule has 1 atom stereocenters. The van der Waals surface area contributed by atoms with Crippen LogP contribution < -0.4 is 0 Å². The lowest BCUT2D eigenvalue weighted by Crippen LogP contribution is -2.01. The topological polar surface area (TPSA) is 36.0 Å². The van der Waals surface area contributed by atoms with Crippen LogP contribution in [0.2, 0.25) is 0 Å². The molecule has 0 aliphatic carbocycles. The van der Waals surface area contributed by atoms with Crippen LogP contribution in [-0.4, -0.2) is 10.1 Å². The van der Waals surface area contributed by atoms with Crippen LogP contribution in [-0.2, 0) is 0 Å². The van der Waals surface area contributed by atoms with Crippen molar-refractivity contribution in [1.29, 1.82) is 0 Å². The molecular formula is C21H16BrNO. The highest BCUT2D eigenvalue weighted by atomic mass is 79.9. The highest BCUT2D eigenvalue weighted by molar-refractivity contribution is 9.10. The number of benzene rings is 3. The lowest BCUT2D eigenvalue weighted by atomic mass is 9.92. The van der Waals surface area contributed by atoms with Crippen LogP contribution in [0, 0.1) is 0 Å². The Balaban J connectivity index is 1.87. The average molecular weight is 378 g/mol. The number of aromatic nitrogens is 1. The second kappa shape index (κ2) is 6.27. The highest BCUT2D eigenvalue weighted by Gasteiger charge is 2.17. The summed E-state index contributed by atoms with van der Waals surface area (Å²) in [6.07, 6.45) is 1.36. The first-order valence-electron chi connectivity index (χ1n) is 7.83. The summed E-state index contributed by atoms with van der Waals surface area (Å²) in [4.78, 5) is 3.32. The van der Waals surface area contributed by atoms with E-state index in [1.54, 1.807) is 0 Å². The number of fused-ring (bicyclic) bond motifs is 1. The standard InChI is InChI=1S/C21H16BrNO/c22-15-10-11-17-19(13-23-20(17)12-15)16-8-4-5-9-18(16)21(24)14-6-2-1-3-7-14/h1-13,21,23-24H. The maximum atomic E-state index is 10.9. The number of aromatic amines is 1. The Hall–Kier alpha value is -2.36. The fourth-order valence-electron chi connectivity index (χ4n) is 3.12. The molecule has 4 rings (SSSR count). The van der Waals surface area contributed by atoms with Crippen molar-refractivity contribution in [1.82, 2.24) is 4.98 Å². The Morgan fingerprint density at radius 3 is 2.42 bits per heavy atom. The molecule has 24 heavy (non-hydrogen) atoms. The smallest absolute Gasteiger partial charge is 0.105 e. The van der Waals surface area contributed by atoms with Crippen molar-refractivity contribution in [3.05, 3.63) is 94.6 Å². The van der Waals surface area contributed by atoms with Crippen LogP contribution in [0.4, 0.5) is 0 Å². The predicted molar refractivity (Wildman–Crippen MR) is 102 cm³/mol. The second-order valence-electron chi connectivity index (χ2n) is 5.79. The first-order valence-corrected chi connectivity index (χ1v) is 8.62. The number of hydrogen-bond donors (Lipinski definition) is 2. The van der Waals surface area contributed by atoms with Crippen molar-refractivity contribution in [2.24, 2.45) is 0 Å². The quantitative estimate of drug-likeness (QED) is 0.473. The zero-order chi connectivity index (χ0) is 16.5. The fraction of sp³-hybridized carbons (Fsp3) is 0.0476. The first-order chi connectivity index (χ1) is 11.7. The molecule has 0 saturated carbocycles. The zero-order valence-electron chi connectivity index (χ0n) is 12.9. The second-order valence-corrected chi connectivity index (χ2v) is 6.71. The van der Waals surface area contributed by atoms with E-state index in [0.717, 1.165) is 37.6 Å². The van der Waals surface area contributed by atoms with E-state index in [9.17, 15) is 5.11 Å². The number of halogens is 1. The number of aliphatic hydroxyl groups is 1. The van der Waals surface area contributed by atoms with Gasteiger partial charge in [0.25, 0.3) is 0 Å². The molecule has 0 aliphatic rings. The number of hydrogen-bond acceptors (Lipinski definition) is 1. The first kappa shape index (κ1) is 15.2. The molecule has 0 spiro atoms. The molecule has 0 radical (unpaired) electrons. The Labute approximate surface area is 148 Å². The fourth-order valence-corrected chi connectivity index (χ4v) is 3.48. The molecule has 0 bridgehead atoms. The molecule has 1 unspecified atom stereocenters. The third kappa shape index (κ3) is 2.66. The minimum Gasteiger partial charge on any atom is -0.384 e. The van der Waals surface area contributed by atoms with E-state index in [1.165, 1.54) is 0 Å². The Kier molecular flexibility index (Phi) is 3.97. The van der Waals surface area contributed by atoms with Gasteiger partial charge in [0.15, 0.2) is 0 Å². The SMILES string of the molecule is OC(c1ccccc1)c1ccccc1-c1c[nH]c2cc(Br)ccc12. The summed E-state index contributed by atoms with van der Waals surface area (Å²) in [6.45, 7) is 0. The van der Waals surface area contributed by atoms with Gasteiger partial charge in [0.1, 0.15) is 6.10 Å². The maximum Gasteiger partial charge on any atom is 0.105 e. The van der Waals surface area contributed by atoms with Crippen LogP contribution in [0.1, 0.15) is 17.2 Å². The number of aliphatic hydroxyl groups excluding tert-OH is 1. The molecule has 2 nitrogen and oxygen atoms in total. The van der Waals surface area contributed by atoms with Crippen LogP contribution in [0.15, 0.2) is 83.5 Å². The monoisotopic (exact) mass is 377 g/mol. The summed E-state index contributed by atoms with van der Waals surface area (Å²) in [5, 5.41) is 12.0. The number of nitrogens with one attached hydrogen (secondary N) is 1. The lowest BCUT2D eigenvalue weighted by Gasteiger charge is -2.16. The molecule has 2 N–H and O–H groups in total. The van der Waals surface area contributed by atoms with Crippen LogP contribution in [0.3, 0.4) is 0 Å². The van der Waals surface area contributed by atoms with E-state index in [4.69, 9.17) is 0 Å². The molecule has 1 heterocycles. The van der Waals surface area contributed by atoms with Gasteiger partial charge < -0.3 is 10.1 Å². The van der Waals surface area contributed by atoms with Gasteiger partial charge in [0, 0.05) is 27.1 Å². The van der Waals surface area contributed by atoms with Gasteiger partial charge in [-0.3, -0.25) is 0 Å². The van der Waals surface area contributed by atoms with Crippen LogP contribution in [0.25, 0.3) is 22.0 Å². The summed E-state index contributed by atoms with van der Waals surface area (Å²) >= 11 is 3.51. The summed E-state index contributed by atoms with van der Waals surface area (Å²) in [6, 6.07) is 24.0. The van der Waals surface area contributed by atoms with E-state index in [-0.39, 0.29) is 0 Å². The van der Waals surface area contributed by atoms with Gasteiger partial charge in [0.05, 0.1) is 0 Å². The Morgan fingerprint density at radius 1 is 0.833 bits per heavy atom. The van der Waals surface area contributed by atoms with Gasteiger partial charge in [-0.05, 0) is 28.8 Å². The van der Waals surface area contributed by atoms with Crippen molar-refractivity contribution in [3.63, 3.8) is 0 Å². The maximum absolute atomic E-state index is 10.9.